The first-order valence-corrected chi connectivity index (χ1v) is 11.0. The van der Waals surface area contributed by atoms with Crippen LogP contribution in [0.5, 0.6) is 11.5 Å². The molecule has 4 rings (SSSR count). The molecule has 0 fully saturated rings. The highest BCUT2D eigenvalue weighted by molar-refractivity contribution is 7.86. The summed E-state index contributed by atoms with van der Waals surface area (Å²) in [5.41, 5.74) is 1.71. The Bertz CT molecular complexity index is 1210. The minimum atomic E-state index is -4.01. The number of halogens is 3. The number of fused-ring (bicyclic) bond motifs is 1. The van der Waals surface area contributed by atoms with E-state index in [2.05, 4.69) is 0 Å². The Labute approximate surface area is 183 Å². The van der Waals surface area contributed by atoms with Gasteiger partial charge in [0.1, 0.15) is 12.4 Å². The van der Waals surface area contributed by atoms with Crippen LogP contribution in [-0.4, -0.2) is 21.3 Å². The first-order chi connectivity index (χ1) is 14.2. The third-order valence-electron chi connectivity index (χ3n) is 4.41. The van der Waals surface area contributed by atoms with Gasteiger partial charge in [0.05, 0.1) is 4.90 Å². The van der Waals surface area contributed by atoms with Crippen molar-refractivity contribution in [2.24, 2.45) is 0 Å². The molecule has 1 unspecified atom stereocenters. The van der Waals surface area contributed by atoms with Crippen LogP contribution < -0.4 is 9.47 Å². The summed E-state index contributed by atoms with van der Waals surface area (Å²) in [7, 11) is -4.01. The van der Waals surface area contributed by atoms with Crippen molar-refractivity contribution in [3.8, 4) is 22.6 Å². The van der Waals surface area contributed by atoms with Gasteiger partial charge in [-0.2, -0.15) is 8.42 Å². The normalized spacial score (nSPS) is 15.4. The molecule has 0 aromatic heterocycles. The summed E-state index contributed by atoms with van der Waals surface area (Å²) in [4.78, 5) is 0.0149. The van der Waals surface area contributed by atoms with Crippen LogP contribution in [-0.2, 0) is 14.3 Å². The van der Waals surface area contributed by atoms with Gasteiger partial charge in [-0.1, -0.05) is 40.9 Å². The number of ether oxygens (including phenoxy) is 2. The van der Waals surface area contributed by atoms with Crippen molar-refractivity contribution in [1.82, 2.24) is 0 Å². The van der Waals surface area contributed by atoms with Gasteiger partial charge in [-0.15, -0.1) is 0 Å². The van der Waals surface area contributed by atoms with Crippen molar-refractivity contribution in [2.45, 2.75) is 18.1 Å². The largest absolute Gasteiger partial charge is 0.448 e. The van der Waals surface area contributed by atoms with Crippen LogP contribution in [0.2, 0.25) is 10.0 Å². The fraction of sp³-hybridized carbons (Fsp3) is 0.143. The van der Waals surface area contributed by atoms with Gasteiger partial charge < -0.3 is 9.47 Å². The van der Waals surface area contributed by atoms with E-state index in [1.807, 2.05) is 6.92 Å². The van der Waals surface area contributed by atoms with Crippen LogP contribution in [0.25, 0.3) is 11.1 Å². The van der Waals surface area contributed by atoms with Gasteiger partial charge in [0.25, 0.3) is 16.4 Å². The van der Waals surface area contributed by atoms with Crippen molar-refractivity contribution in [2.75, 3.05) is 6.61 Å². The summed E-state index contributed by atoms with van der Waals surface area (Å²) in [6.45, 7) is 1.42. The zero-order valence-corrected chi connectivity index (χ0v) is 17.9. The van der Waals surface area contributed by atoms with Crippen LogP contribution in [0.4, 0.5) is 4.39 Å². The molecule has 1 atom stereocenters. The third-order valence-corrected chi connectivity index (χ3v) is 6.28. The quantitative estimate of drug-likeness (QED) is 0.455. The molecule has 0 aliphatic carbocycles. The smallest absolute Gasteiger partial charge is 0.297 e. The summed E-state index contributed by atoms with van der Waals surface area (Å²) in [6, 6.07) is 13.4. The molecule has 0 saturated carbocycles. The lowest BCUT2D eigenvalue weighted by Crippen LogP contribution is -2.26. The van der Waals surface area contributed by atoms with Crippen LogP contribution in [0.15, 0.2) is 59.5 Å². The molecular formula is C21H15Cl2FO5S. The van der Waals surface area contributed by atoms with Gasteiger partial charge in [-0.3, -0.25) is 4.18 Å². The molecule has 1 heterocycles. The van der Waals surface area contributed by atoms with Gasteiger partial charge >= 0.3 is 0 Å². The second-order valence-electron chi connectivity index (χ2n) is 6.62. The van der Waals surface area contributed by atoms with Gasteiger partial charge in [0.15, 0.2) is 11.5 Å². The number of aryl methyl sites for hydroxylation is 1. The van der Waals surface area contributed by atoms with E-state index < -0.39 is 28.8 Å². The lowest BCUT2D eigenvalue weighted by atomic mass is 10.0. The van der Waals surface area contributed by atoms with Crippen molar-refractivity contribution >= 4 is 33.3 Å². The Morgan fingerprint density at radius 2 is 1.73 bits per heavy atom. The summed E-state index contributed by atoms with van der Waals surface area (Å²) < 4.78 is 55.2. The summed E-state index contributed by atoms with van der Waals surface area (Å²) in [5, 5.41) is 0.757. The predicted molar refractivity (Wildman–Crippen MR) is 111 cm³/mol. The van der Waals surface area contributed by atoms with Crippen molar-refractivity contribution in [1.29, 1.82) is 0 Å². The lowest BCUT2D eigenvalue weighted by molar-refractivity contribution is 0.00988. The molecule has 1 aliphatic heterocycles. The molecule has 0 saturated heterocycles. The van der Waals surface area contributed by atoms with Gasteiger partial charge in [-0.05, 0) is 43.3 Å². The molecule has 0 radical (unpaired) electrons. The van der Waals surface area contributed by atoms with Crippen molar-refractivity contribution in [3.63, 3.8) is 0 Å². The van der Waals surface area contributed by atoms with Crippen molar-refractivity contribution < 1.29 is 26.5 Å². The Kier molecular flexibility index (Phi) is 5.63. The Hall–Kier alpha value is -2.32. The Morgan fingerprint density at radius 1 is 1.00 bits per heavy atom. The average molecular weight is 469 g/mol. The number of hydrogen-bond donors (Lipinski definition) is 0. The van der Waals surface area contributed by atoms with E-state index in [0.717, 1.165) is 11.6 Å². The first kappa shape index (κ1) is 20.9. The second-order valence-corrected chi connectivity index (χ2v) is 9.08. The molecule has 3 aromatic carbocycles. The Morgan fingerprint density at radius 3 is 2.47 bits per heavy atom. The number of benzene rings is 3. The zero-order valence-electron chi connectivity index (χ0n) is 15.6. The number of rotatable bonds is 5. The van der Waals surface area contributed by atoms with Crippen LogP contribution in [0.3, 0.4) is 0 Å². The van der Waals surface area contributed by atoms with E-state index in [4.69, 9.17) is 36.9 Å². The standard InChI is InChI=1S/C21H15Cl2FO5S/c1-12-2-5-15(6-3-12)30(25,26)27-11-20-28-19-10-14(24)9-17(21(19)29-20)16-8-13(22)4-7-18(16)23/h2-10,20H,11H2,1H3. The topological polar surface area (TPSA) is 61.8 Å². The van der Waals surface area contributed by atoms with E-state index >= 15 is 0 Å². The van der Waals surface area contributed by atoms with Gasteiger partial charge in [0, 0.05) is 27.2 Å². The molecule has 1 aliphatic rings. The van der Waals surface area contributed by atoms with E-state index in [0.29, 0.717) is 21.2 Å². The molecule has 0 bridgehead atoms. The van der Waals surface area contributed by atoms with Gasteiger partial charge in [0.2, 0.25) is 0 Å². The predicted octanol–water partition coefficient (Wildman–Crippen LogP) is 5.61. The second kappa shape index (κ2) is 8.07. The first-order valence-electron chi connectivity index (χ1n) is 8.81. The molecule has 0 amide bonds. The maximum absolute atomic E-state index is 14.2. The van der Waals surface area contributed by atoms with E-state index in [1.165, 1.54) is 18.2 Å². The average Bonchev–Trinajstić information content (AvgIpc) is 3.11. The molecule has 3 aromatic rings. The minimum Gasteiger partial charge on any atom is -0.448 e. The summed E-state index contributed by atoms with van der Waals surface area (Å²) in [6.07, 6.45) is -1.08. The summed E-state index contributed by atoms with van der Waals surface area (Å²) >= 11 is 12.3. The minimum absolute atomic E-state index is 0.0149. The SMILES string of the molecule is Cc1ccc(S(=O)(=O)OCC2Oc3cc(F)cc(-c4cc(Cl)ccc4Cl)c3O2)cc1. The van der Waals surface area contributed by atoms with Crippen LogP contribution >= 0.6 is 23.2 Å². The molecule has 30 heavy (non-hydrogen) atoms. The van der Waals surface area contributed by atoms with E-state index in [9.17, 15) is 12.8 Å². The highest BCUT2D eigenvalue weighted by Crippen LogP contribution is 2.46. The zero-order chi connectivity index (χ0) is 21.5. The monoisotopic (exact) mass is 468 g/mol. The maximum atomic E-state index is 14.2. The van der Waals surface area contributed by atoms with Crippen LogP contribution in [0, 0.1) is 12.7 Å². The molecular weight excluding hydrogens is 454 g/mol. The highest BCUT2D eigenvalue weighted by Gasteiger charge is 2.31. The molecule has 0 spiro atoms. The number of hydrogen-bond acceptors (Lipinski definition) is 5. The van der Waals surface area contributed by atoms with Crippen LogP contribution in [0.1, 0.15) is 5.56 Å². The van der Waals surface area contributed by atoms with E-state index in [-0.39, 0.29) is 16.4 Å². The van der Waals surface area contributed by atoms with Crippen molar-refractivity contribution in [3.05, 3.63) is 76.0 Å². The van der Waals surface area contributed by atoms with Gasteiger partial charge in [-0.25, -0.2) is 4.39 Å². The molecule has 0 N–H and O–H groups in total. The third kappa shape index (κ3) is 4.25. The highest BCUT2D eigenvalue weighted by atomic mass is 35.5. The fourth-order valence-corrected chi connectivity index (χ4v) is 4.25. The molecule has 156 valence electrons. The summed E-state index contributed by atoms with van der Waals surface area (Å²) in [5.74, 6) is -0.235. The lowest BCUT2D eigenvalue weighted by Gasteiger charge is -2.12. The van der Waals surface area contributed by atoms with E-state index in [1.54, 1.807) is 30.3 Å². The molecule has 9 heteroatoms. The maximum Gasteiger partial charge on any atom is 0.297 e. The Balaban J connectivity index is 1.56. The molecule has 5 nitrogen and oxygen atoms in total. The fourth-order valence-electron chi connectivity index (χ4n) is 2.96.